The SMILES string of the molecule is COc1cccnc1N1CCN(CCCc2coc3ccc(F)cc23)CC1. The molecule has 0 spiro atoms. The van der Waals surface area contributed by atoms with E-state index < -0.39 is 0 Å². The van der Waals surface area contributed by atoms with Crippen LogP contribution < -0.4 is 9.64 Å². The van der Waals surface area contributed by atoms with Crippen molar-refractivity contribution >= 4 is 16.8 Å². The number of fused-ring (bicyclic) bond motifs is 1. The summed E-state index contributed by atoms with van der Waals surface area (Å²) in [6.45, 7) is 4.90. The molecule has 0 saturated carbocycles. The second-order valence-corrected chi connectivity index (χ2v) is 6.86. The minimum atomic E-state index is -0.216. The van der Waals surface area contributed by atoms with Gasteiger partial charge < -0.3 is 14.1 Å². The van der Waals surface area contributed by atoms with E-state index in [0.29, 0.717) is 0 Å². The van der Waals surface area contributed by atoms with Crippen molar-refractivity contribution in [3.63, 3.8) is 0 Å². The van der Waals surface area contributed by atoms with Crippen LogP contribution in [0.3, 0.4) is 0 Å². The molecule has 0 bridgehead atoms. The van der Waals surface area contributed by atoms with E-state index in [1.54, 1.807) is 25.5 Å². The van der Waals surface area contributed by atoms with Gasteiger partial charge in [0.05, 0.1) is 13.4 Å². The number of halogens is 1. The lowest BCUT2D eigenvalue weighted by Crippen LogP contribution is -2.47. The van der Waals surface area contributed by atoms with Crippen LogP contribution in [0.15, 0.2) is 47.2 Å². The molecule has 3 aromatic rings. The van der Waals surface area contributed by atoms with E-state index in [1.165, 1.54) is 6.07 Å². The summed E-state index contributed by atoms with van der Waals surface area (Å²) in [6, 6.07) is 8.54. The number of benzene rings is 1. The number of piperazine rings is 1. The van der Waals surface area contributed by atoms with Crippen LogP contribution in [0, 0.1) is 5.82 Å². The van der Waals surface area contributed by atoms with Crippen LogP contribution in [0.25, 0.3) is 11.0 Å². The molecular weight excluding hydrogens is 345 g/mol. The highest BCUT2D eigenvalue weighted by atomic mass is 19.1. The first-order chi connectivity index (χ1) is 13.2. The van der Waals surface area contributed by atoms with Crippen molar-refractivity contribution in [3.8, 4) is 5.75 Å². The molecule has 0 unspecified atom stereocenters. The molecule has 0 aliphatic carbocycles. The van der Waals surface area contributed by atoms with E-state index in [4.69, 9.17) is 9.15 Å². The molecule has 0 atom stereocenters. The topological polar surface area (TPSA) is 41.7 Å². The number of hydrogen-bond donors (Lipinski definition) is 0. The second-order valence-electron chi connectivity index (χ2n) is 6.86. The number of furan rings is 1. The molecule has 142 valence electrons. The van der Waals surface area contributed by atoms with Gasteiger partial charge in [0.2, 0.25) is 0 Å². The smallest absolute Gasteiger partial charge is 0.171 e. The number of ether oxygens (including phenoxy) is 1. The number of methoxy groups -OCH3 is 1. The van der Waals surface area contributed by atoms with Crippen LogP contribution in [-0.2, 0) is 6.42 Å². The van der Waals surface area contributed by atoms with Gasteiger partial charge in [0.15, 0.2) is 11.6 Å². The van der Waals surface area contributed by atoms with Gasteiger partial charge in [-0.3, -0.25) is 4.90 Å². The first kappa shape index (κ1) is 17.8. The first-order valence-electron chi connectivity index (χ1n) is 9.36. The van der Waals surface area contributed by atoms with Gasteiger partial charge in [-0.2, -0.15) is 0 Å². The molecule has 0 radical (unpaired) electrons. The van der Waals surface area contributed by atoms with Gasteiger partial charge in [-0.1, -0.05) is 0 Å². The summed E-state index contributed by atoms with van der Waals surface area (Å²) in [6.07, 6.45) is 5.49. The Hall–Kier alpha value is -2.60. The summed E-state index contributed by atoms with van der Waals surface area (Å²) in [5.41, 5.74) is 1.84. The Balaban J connectivity index is 1.29. The number of rotatable bonds is 6. The molecular formula is C21H24FN3O2. The number of anilines is 1. The Morgan fingerprint density at radius 3 is 2.85 bits per heavy atom. The highest BCUT2D eigenvalue weighted by Crippen LogP contribution is 2.26. The number of nitrogens with zero attached hydrogens (tertiary/aromatic N) is 3. The molecule has 4 rings (SSSR count). The Bertz CT molecular complexity index is 903. The summed E-state index contributed by atoms with van der Waals surface area (Å²) in [7, 11) is 1.68. The zero-order valence-corrected chi connectivity index (χ0v) is 15.5. The molecule has 6 heteroatoms. The fourth-order valence-electron chi connectivity index (χ4n) is 3.70. The summed E-state index contributed by atoms with van der Waals surface area (Å²) >= 11 is 0. The normalized spacial score (nSPS) is 15.4. The van der Waals surface area contributed by atoms with Gasteiger partial charge >= 0.3 is 0 Å². The maximum Gasteiger partial charge on any atom is 0.171 e. The molecule has 1 fully saturated rings. The Kier molecular flexibility index (Phi) is 5.25. The molecule has 1 aliphatic heterocycles. The molecule has 0 N–H and O–H groups in total. The van der Waals surface area contributed by atoms with E-state index in [9.17, 15) is 4.39 Å². The van der Waals surface area contributed by atoms with Crippen LogP contribution >= 0.6 is 0 Å². The third-order valence-electron chi connectivity index (χ3n) is 5.18. The maximum atomic E-state index is 13.5. The fraction of sp³-hybridized carbons (Fsp3) is 0.381. The molecule has 3 heterocycles. The zero-order valence-electron chi connectivity index (χ0n) is 15.5. The fourth-order valence-corrected chi connectivity index (χ4v) is 3.70. The quantitative estimate of drug-likeness (QED) is 0.662. The summed E-state index contributed by atoms with van der Waals surface area (Å²) in [5.74, 6) is 1.53. The molecule has 1 saturated heterocycles. The van der Waals surface area contributed by atoms with Crippen molar-refractivity contribution in [3.05, 3.63) is 54.2 Å². The van der Waals surface area contributed by atoms with Gasteiger partial charge in [0.1, 0.15) is 11.4 Å². The summed E-state index contributed by atoms with van der Waals surface area (Å²) < 4.78 is 24.4. The van der Waals surface area contributed by atoms with Crippen LogP contribution in [0.1, 0.15) is 12.0 Å². The van der Waals surface area contributed by atoms with Crippen LogP contribution in [0.4, 0.5) is 10.2 Å². The number of aromatic nitrogens is 1. The zero-order chi connectivity index (χ0) is 18.6. The van der Waals surface area contributed by atoms with Gasteiger partial charge in [-0.05, 0) is 55.3 Å². The number of hydrogen-bond acceptors (Lipinski definition) is 5. The van der Waals surface area contributed by atoms with Gasteiger partial charge in [-0.15, -0.1) is 0 Å². The first-order valence-corrected chi connectivity index (χ1v) is 9.36. The average molecular weight is 369 g/mol. The third-order valence-corrected chi connectivity index (χ3v) is 5.18. The lowest BCUT2D eigenvalue weighted by Gasteiger charge is -2.35. The van der Waals surface area contributed by atoms with Crippen molar-refractivity contribution in [2.45, 2.75) is 12.8 Å². The van der Waals surface area contributed by atoms with E-state index in [0.717, 1.165) is 73.7 Å². The predicted octanol–water partition coefficient (Wildman–Crippen LogP) is 3.73. The van der Waals surface area contributed by atoms with E-state index in [-0.39, 0.29) is 5.82 Å². The lowest BCUT2D eigenvalue weighted by atomic mass is 10.1. The largest absolute Gasteiger partial charge is 0.493 e. The molecule has 27 heavy (non-hydrogen) atoms. The molecule has 5 nitrogen and oxygen atoms in total. The molecule has 0 amide bonds. The van der Waals surface area contributed by atoms with Crippen LogP contribution in [0.5, 0.6) is 5.75 Å². The van der Waals surface area contributed by atoms with E-state index >= 15 is 0 Å². The number of aryl methyl sites for hydroxylation is 1. The number of pyridine rings is 1. The molecule has 1 aliphatic rings. The van der Waals surface area contributed by atoms with Crippen molar-refractivity contribution in [1.29, 1.82) is 0 Å². The molecule has 2 aromatic heterocycles. The Morgan fingerprint density at radius 2 is 2.04 bits per heavy atom. The van der Waals surface area contributed by atoms with Crippen molar-refractivity contribution in [2.75, 3.05) is 44.7 Å². The predicted molar refractivity (Wildman–Crippen MR) is 104 cm³/mol. The van der Waals surface area contributed by atoms with Crippen molar-refractivity contribution in [2.24, 2.45) is 0 Å². The monoisotopic (exact) mass is 369 g/mol. The van der Waals surface area contributed by atoms with Crippen LogP contribution in [0.2, 0.25) is 0 Å². The minimum Gasteiger partial charge on any atom is -0.493 e. The Labute approximate surface area is 158 Å². The third kappa shape index (κ3) is 3.90. The van der Waals surface area contributed by atoms with Gasteiger partial charge in [-0.25, -0.2) is 9.37 Å². The molecule has 1 aromatic carbocycles. The van der Waals surface area contributed by atoms with Crippen molar-refractivity contribution in [1.82, 2.24) is 9.88 Å². The highest BCUT2D eigenvalue weighted by Gasteiger charge is 2.20. The van der Waals surface area contributed by atoms with Crippen molar-refractivity contribution < 1.29 is 13.5 Å². The maximum absolute atomic E-state index is 13.5. The Morgan fingerprint density at radius 1 is 1.19 bits per heavy atom. The summed E-state index contributed by atoms with van der Waals surface area (Å²) in [5, 5.41) is 0.891. The standard InChI is InChI=1S/C21H24FN3O2/c1-26-20-5-2-8-23-21(20)25-12-10-24(11-13-25)9-3-4-16-15-27-19-7-6-17(22)14-18(16)19/h2,5-8,14-15H,3-4,9-13H2,1H3. The van der Waals surface area contributed by atoms with E-state index in [2.05, 4.69) is 14.8 Å². The second kappa shape index (κ2) is 7.96. The minimum absolute atomic E-state index is 0.216. The average Bonchev–Trinajstić information content (AvgIpc) is 3.10. The van der Waals surface area contributed by atoms with Crippen LogP contribution in [-0.4, -0.2) is 49.7 Å². The van der Waals surface area contributed by atoms with E-state index in [1.807, 2.05) is 18.3 Å². The van der Waals surface area contributed by atoms with Gasteiger partial charge in [0.25, 0.3) is 0 Å². The van der Waals surface area contributed by atoms with Gasteiger partial charge in [0, 0.05) is 37.8 Å². The summed E-state index contributed by atoms with van der Waals surface area (Å²) in [4.78, 5) is 9.22. The highest BCUT2D eigenvalue weighted by molar-refractivity contribution is 5.81. The lowest BCUT2D eigenvalue weighted by molar-refractivity contribution is 0.253.